The Hall–Kier alpha value is -0.410. The highest BCUT2D eigenvalue weighted by Gasteiger charge is 2.44. The molecule has 3 heteroatoms. The molecule has 70 valence electrons. The molecular formula is C10H11BrFN. The lowest BCUT2D eigenvalue weighted by molar-refractivity contribution is 0.615. The van der Waals surface area contributed by atoms with Gasteiger partial charge in [-0.05, 0) is 36.6 Å². The molecule has 13 heavy (non-hydrogen) atoms. The van der Waals surface area contributed by atoms with Gasteiger partial charge in [-0.1, -0.05) is 15.9 Å². The second-order valence-corrected chi connectivity index (χ2v) is 4.46. The second-order valence-electron chi connectivity index (χ2n) is 3.61. The molecule has 0 heterocycles. The average molecular weight is 244 g/mol. The molecule has 2 N–H and O–H groups in total. The molecule has 2 rings (SSSR count). The molecule has 0 aromatic heterocycles. The third-order valence-corrected chi connectivity index (χ3v) is 3.44. The Balaban J connectivity index is 2.44. The summed E-state index contributed by atoms with van der Waals surface area (Å²) in [7, 11) is 0. The summed E-state index contributed by atoms with van der Waals surface area (Å²) in [5.74, 6) is -0.182. The van der Waals surface area contributed by atoms with Crippen molar-refractivity contribution in [2.24, 2.45) is 5.73 Å². The molecule has 1 aliphatic carbocycles. The van der Waals surface area contributed by atoms with E-state index in [0.29, 0.717) is 6.54 Å². The Morgan fingerprint density at radius 3 is 2.69 bits per heavy atom. The number of benzene rings is 1. The summed E-state index contributed by atoms with van der Waals surface area (Å²) in [5, 5.41) is 0. The molecule has 0 spiro atoms. The highest BCUT2D eigenvalue weighted by Crippen LogP contribution is 2.49. The van der Waals surface area contributed by atoms with Crippen LogP contribution in [0.5, 0.6) is 0 Å². The Kier molecular flexibility index (Phi) is 2.16. The van der Waals surface area contributed by atoms with E-state index in [-0.39, 0.29) is 11.2 Å². The quantitative estimate of drug-likeness (QED) is 0.850. The first-order chi connectivity index (χ1) is 6.18. The fourth-order valence-electron chi connectivity index (χ4n) is 1.64. The standard InChI is InChI=1S/C10H11BrFN/c11-9-2-1-7(12)5-8(9)10(6-13)3-4-10/h1-2,5H,3-4,6,13H2. The predicted molar refractivity (Wildman–Crippen MR) is 54.1 cm³/mol. The molecule has 0 atom stereocenters. The van der Waals surface area contributed by atoms with Crippen molar-refractivity contribution in [1.29, 1.82) is 0 Å². The lowest BCUT2D eigenvalue weighted by atomic mass is 9.96. The molecule has 0 unspecified atom stereocenters. The van der Waals surface area contributed by atoms with Gasteiger partial charge >= 0.3 is 0 Å². The first-order valence-electron chi connectivity index (χ1n) is 4.33. The number of rotatable bonds is 2. The minimum atomic E-state index is -0.182. The maximum Gasteiger partial charge on any atom is 0.123 e. The molecular weight excluding hydrogens is 233 g/mol. The lowest BCUT2D eigenvalue weighted by Crippen LogP contribution is -2.20. The first kappa shape index (κ1) is 9.16. The summed E-state index contributed by atoms with van der Waals surface area (Å²) in [4.78, 5) is 0. The Bertz CT molecular complexity index is 334. The maximum atomic E-state index is 13.0. The van der Waals surface area contributed by atoms with Gasteiger partial charge in [0.15, 0.2) is 0 Å². The van der Waals surface area contributed by atoms with Crippen LogP contribution in [0.4, 0.5) is 4.39 Å². The molecule has 1 aliphatic rings. The van der Waals surface area contributed by atoms with Crippen LogP contribution in [0, 0.1) is 5.82 Å². The first-order valence-corrected chi connectivity index (χ1v) is 5.13. The third-order valence-electron chi connectivity index (χ3n) is 2.74. The van der Waals surface area contributed by atoms with Gasteiger partial charge in [0.1, 0.15) is 5.82 Å². The third kappa shape index (κ3) is 1.51. The van der Waals surface area contributed by atoms with Crippen LogP contribution >= 0.6 is 15.9 Å². The van der Waals surface area contributed by atoms with Crippen molar-refractivity contribution in [2.45, 2.75) is 18.3 Å². The zero-order valence-corrected chi connectivity index (χ0v) is 8.77. The smallest absolute Gasteiger partial charge is 0.123 e. The van der Waals surface area contributed by atoms with E-state index in [1.54, 1.807) is 12.1 Å². The van der Waals surface area contributed by atoms with E-state index in [0.717, 1.165) is 22.9 Å². The van der Waals surface area contributed by atoms with Gasteiger partial charge in [0.25, 0.3) is 0 Å². The Morgan fingerprint density at radius 2 is 2.15 bits per heavy atom. The van der Waals surface area contributed by atoms with E-state index in [1.807, 2.05) is 0 Å². The maximum absolute atomic E-state index is 13.0. The minimum Gasteiger partial charge on any atom is -0.330 e. The minimum absolute atomic E-state index is 0.0565. The lowest BCUT2D eigenvalue weighted by Gasteiger charge is -2.14. The molecule has 0 bridgehead atoms. The molecule has 0 aliphatic heterocycles. The van der Waals surface area contributed by atoms with Crippen LogP contribution < -0.4 is 5.73 Å². The van der Waals surface area contributed by atoms with Gasteiger partial charge in [0, 0.05) is 16.4 Å². The number of halogens is 2. The number of hydrogen-bond donors (Lipinski definition) is 1. The van der Waals surface area contributed by atoms with Crippen LogP contribution in [-0.4, -0.2) is 6.54 Å². The van der Waals surface area contributed by atoms with Crippen molar-refractivity contribution < 1.29 is 4.39 Å². The van der Waals surface area contributed by atoms with Crippen molar-refractivity contribution in [2.75, 3.05) is 6.54 Å². The summed E-state index contributed by atoms with van der Waals surface area (Å²) in [6.07, 6.45) is 2.15. The van der Waals surface area contributed by atoms with Crippen molar-refractivity contribution in [3.63, 3.8) is 0 Å². The van der Waals surface area contributed by atoms with E-state index < -0.39 is 0 Å². The molecule has 0 saturated heterocycles. The van der Waals surface area contributed by atoms with Crippen molar-refractivity contribution in [3.8, 4) is 0 Å². The number of nitrogens with two attached hydrogens (primary N) is 1. The van der Waals surface area contributed by atoms with Gasteiger partial charge < -0.3 is 5.73 Å². The fraction of sp³-hybridized carbons (Fsp3) is 0.400. The van der Waals surface area contributed by atoms with Crippen molar-refractivity contribution in [3.05, 3.63) is 34.1 Å². The van der Waals surface area contributed by atoms with Crippen LogP contribution in [0.25, 0.3) is 0 Å². The Morgan fingerprint density at radius 1 is 1.46 bits per heavy atom. The predicted octanol–water partition coefficient (Wildman–Crippen LogP) is 2.58. The zero-order valence-electron chi connectivity index (χ0n) is 7.19. The van der Waals surface area contributed by atoms with E-state index in [9.17, 15) is 4.39 Å². The summed E-state index contributed by atoms with van der Waals surface area (Å²) >= 11 is 3.42. The van der Waals surface area contributed by atoms with E-state index in [1.165, 1.54) is 6.07 Å². The molecule has 1 nitrogen and oxygen atoms in total. The van der Waals surface area contributed by atoms with Crippen LogP contribution in [0.2, 0.25) is 0 Å². The largest absolute Gasteiger partial charge is 0.330 e. The zero-order chi connectivity index (χ0) is 9.47. The SMILES string of the molecule is NCC1(c2cc(F)ccc2Br)CC1. The van der Waals surface area contributed by atoms with Gasteiger partial charge in [-0.3, -0.25) is 0 Å². The highest BCUT2D eigenvalue weighted by atomic mass is 79.9. The molecule has 1 aromatic rings. The molecule has 1 aromatic carbocycles. The van der Waals surface area contributed by atoms with Crippen LogP contribution in [-0.2, 0) is 5.41 Å². The summed E-state index contributed by atoms with van der Waals surface area (Å²) in [5.41, 5.74) is 6.76. The van der Waals surface area contributed by atoms with Gasteiger partial charge in [0.05, 0.1) is 0 Å². The van der Waals surface area contributed by atoms with E-state index in [2.05, 4.69) is 15.9 Å². The van der Waals surface area contributed by atoms with E-state index >= 15 is 0 Å². The highest BCUT2D eigenvalue weighted by molar-refractivity contribution is 9.10. The average Bonchev–Trinajstić information content (AvgIpc) is 2.90. The monoisotopic (exact) mass is 243 g/mol. The molecule has 1 fully saturated rings. The van der Waals surface area contributed by atoms with Gasteiger partial charge in [0.2, 0.25) is 0 Å². The van der Waals surface area contributed by atoms with Crippen molar-refractivity contribution in [1.82, 2.24) is 0 Å². The fourth-order valence-corrected chi connectivity index (χ4v) is 2.31. The van der Waals surface area contributed by atoms with Gasteiger partial charge in [-0.15, -0.1) is 0 Å². The van der Waals surface area contributed by atoms with Crippen LogP contribution in [0.1, 0.15) is 18.4 Å². The van der Waals surface area contributed by atoms with Crippen molar-refractivity contribution >= 4 is 15.9 Å². The molecule has 0 radical (unpaired) electrons. The van der Waals surface area contributed by atoms with Gasteiger partial charge in [-0.25, -0.2) is 4.39 Å². The van der Waals surface area contributed by atoms with Crippen LogP contribution in [0.15, 0.2) is 22.7 Å². The topological polar surface area (TPSA) is 26.0 Å². The molecule has 1 saturated carbocycles. The Labute approximate surface area is 85.3 Å². The summed E-state index contributed by atoms with van der Waals surface area (Å²) < 4.78 is 13.9. The molecule has 0 amide bonds. The van der Waals surface area contributed by atoms with E-state index in [4.69, 9.17) is 5.73 Å². The van der Waals surface area contributed by atoms with Gasteiger partial charge in [-0.2, -0.15) is 0 Å². The summed E-state index contributed by atoms with van der Waals surface area (Å²) in [6.45, 7) is 0.606. The summed E-state index contributed by atoms with van der Waals surface area (Å²) in [6, 6.07) is 4.80. The number of hydrogen-bond acceptors (Lipinski definition) is 1. The normalized spacial score (nSPS) is 18.7. The van der Waals surface area contributed by atoms with Crippen LogP contribution in [0.3, 0.4) is 0 Å². The second kappa shape index (κ2) is 3.07.